The Kier molecular flexibility index (Phi) is 8.12. The predicted octanol–water partition coefficient (Wildman–Crippen LogP) is 4.83. The number of sulfonamides is 2. The molecule has 0 aromatic heterocycles. The highest BCUT2D eigenvalue weighted by Crippen LogP contribution is 2.27. The van der Waals surface area contributed by atoms with Gasteiger partial charge in [0, 0.05) is 11.1 Å². The molecule has 0 bridgehead atoms. The summed E-state index contributed by atoms with van der Waals surface area (Å²) in [5, 5.41) is 4.33. The van der Waals surface area contributed by atoms with Gasteiger partial charge in [-0.15, -0.1) is 0 Å². The van der Waals surface area contributed by atoms with Crippen molar-refractivity contribution in [3.8, 4) is 5.75 Å². The summed E-state index contributed by atoms with van der Waals surface area (Å²) < 4.78 is 60.2. The number of ether oxygens (including phenoxy) is 1. The van der Waals surface area contributed by atoms with Crippen molar-refractivity contribution in [2.75, 3.05) is 27.2 Å². The van der Waals surface area contributed by atoms with Gasteiger partial charge in [0.05, 0.1) is 29.1 Å². The van der Waals surface area contributed by atoms with Crippen molar-refractivity contribution >= 4 is 53.8 Å². The smallest absolute Gasteiger partial charge is 0.261 e. The highest BCUT2D eigenvalue weighted by atomic mass is 32.2. The van der Waals surface area contributed by atoms with Crippen molar-refractivity contribution in [2.45, 2.75) is 24.8 Å². The molecule has 39 heavy (non-hydrogen) atoms. The Balaban J connectivity index is 1.50. The number of carbonyl (C=O) groups excluding carboxylic acids is 1. The quantitative estimate of drug-likeness (QED) is 0.283. The lowest BCUT2D eigenvalue weighted by atomic mass is 10.1. The number of anilines is 3. The molecule has 1 unspecified atom stereocenters. The second kappa shape index (κ2) is 11.3. The van der Waals surface area contributed by atoms with Crippen molar-refractivity contribution in [1.82, 2.24) is 0 Å². The second-order valence-corrected chi connectivity index (χ2v) is 12.3. The Morgan fingerprint density at radius 2 is 1.51 bits per heavy atom. The fourth-order valence-electron chi connectivity index (χ4n) is 4.15. The number of benzene rings is 4. The molecular formula is C28H29N3O6S2. The third-order valence-electron chi connectivity index (χ3n) is 5.96. The fraction of sp³-hybridized carbons (Fsp3) is 0.179. The summed E-state index contributed by atoms with van der Waals surface area (Å²) in [6.45, 7) is 3.78. The molecule has 1 atom stereocenters. The first-order chi connectivity index (χ1) is 18.5. The molecule has 2 N–H and O–H groups in total. The summed E-state index contributed by atoms with van der Waals surface area (Å²) in [7, 11) is -7.71. The fourth-order valence-corrected chi connectivity index (χ4v) is 6.40. The first kappa shape index (κ1) is 27.9. The van der Waals surface area contributed by atoms with Gasteiger partial charge in [-0.2, -0.15) is 0 Å². The van der Waals surface area contributed by atoms with Crippen molar-refractivity contribution in [2.24, 2.45) is 0 Å². The molecular weight excluding hydrogens is 538 g/mol. The van der Waals surface area contributed by atoms with Gasteiger partial charge in [0.15, 0.2) is 0 Å². The van der Waals surface area contributed by atoms with Crippen molar-refractivity contribution in [3.05, 3.63) is 91.0 Å². The lowest BCUT2D eigenvalue weighted by Crippen LogP contribution is -2.45. The zero-order valence-electron chi connectivity index (χ0n) is 21.7. The number of hydrogen-bond acceptors (Lipinski definition) is 6. The Morgan fingerprint density at radius 1 is 0.872 bits per heavy atom. The third kappa shape index (κ3) is 6.50. The highest BCUT2D eigenvalue weighted by molar-refractivity contribution is 7.92. The average molecular weight is 568 g/mol. The standard InChI is InChI=1S/C28H29N3O6S2/c1-4-37-24-16-14-23(15-17-24)31(38(3,33)34)20(2)28(32)29-22-12-18-25(19-13-22)39(35,36)30-27-11-7-9-21-8-5-6-10-26(21)27/h5-20,30H,4H2,1-3H3,(H,29,32). The molecule has 4 rings (SSSR count). The van der Waals surface area contributed by atoms with E-state index in [4.69, 9.17) is 4.74 Å². The maximum atomic E-state index is 13.0. The number of fused-ring (bicyclic) bond motifs is 1. The summed E-state index contributed by atoms with van der Waals surface area (Å²) in [6, 6.07) is 23.7. The number of nitrogens with zero attached hydrogens (tertiary/aromatic N) is 1. The largest absolute Gasteiger partial charge is 0.494 e. The molecule has 11 heteroatoms. The Hall–Kier alpha value is -4.09. The highest BCUT2D eigenvalue weighted by Gasteiger charge is 2.29. The van der Waals surface area contributed by atoms with Crippen molar-refractivity contribution in [3.63, 3.8) is 0 Å². The Morgan fingerprint density at radius 3 is 2.15 bits per heavy atom. The molecule has 0 fully saturated rings. The molecule has 9 nitrogen and oxygen atoms in total. The summed E-state index contributed by atoms with van der Waals surface area (Å²) in [5.74, 6) is -0.00409. The lowest BCUT2D eigenvalue weighted by molar-refractivity contribution is -0.116. The van der Waals surface area contributed by atoms with E-state index in [1.165, 1.54) is 31.2 Å². The number of nitrogens with one attached hydrogen (secondary N) is 2. The molecule has 0 heterocycles. The molecule has 0 radical (unpaired) electrons. The summed E-state index contributed by atoms with van der Waals surface area (Å²) >= 11 is 0. The van der Waals surface area contributed by atoms with Crippen LogP contribution in [0, 0.1) is 0 Å². The van der Waals surface area contributed by atoms with Gasteiger partial charge < -0.3 is 10.1 Å². The maximum absolute atomic E-state index is 13.0. The van der Waals surface area contributed by atoms with Crippen molar-refractivity contribution in [1.29, 1.82) is 0 Å². The maximum Gasteiger partial charge on any atom is 0.261 e. The summed E-state index contributed by atoms with van der Waals surface area (Å²) in [4.78, 5) is 13.0. The van der Waals surface area contributed by atoms with Crippen LogP contribution in [-0.4, -0.2) is 41.6 Å². The normalized spacial score (nSPS) is 12.5. The van der Waals surface area contributed by atoms with Crippen LogP contribution in [0.1, 0.15) is 13.8 Å². The van der Waals surface area contributed by atoms with E-state index >= 15 is 0 Å². The lowest BCUT2D eigenvalue weighted by Gasteiger charge is -2.28. The zero-order valence-corrected chi connectivity index (χ0v) is 23.3. The molecule has 0 aliphatic heterocycles. The van der Waals surface area contributed by atoms with Crippen LogP contribution in [-0.2, 0) is 24.8 Å². The molecule has 0 saturated heterocycles. The average Bonchev–Trinajstić information content (AvgIpc) is 2.89. The minimum atomic E-state index is -3.90. The van der Waals surface area contributed by atoms with E-state index in [0.29, 0.717) is 29.4 Å². The van der Waals surface area contributed by atoms with Crippen LogP contribution in [0.2, 0.25) is 0 Å². The van der Waals surface area contributed by atoms with Crippen LogP contribution in [0.15, 0.2) is 95.9 Å². The first-order valence-corrected chi connectivity index (χ1v) is 15.5. The van der Waals surface area contributed by atoms with E-state index in [2.05, 4.69) is 10.0 Å². The third-order valence-corrected chi connectivity index (χ3v) is 8.58. The molecule has 0 spiro atoms. The molecule has 0 saturated carbocycles. The van der Waals surface area contributed by atoms with Gasteiger partial charge in [0.25, 0.3) is 10.0 Å². The Labute approximate surface area is 228 Å². The SMILES string of the molecule is CCOc1ccc(N(C(C)C(=O)Nc2ccc(S(=O)(=O)Nc3cccc4ccccc34)cc2)S(C)(=O)=O)cc1. The Bertz CT molecular complexity index is 1680. The molecule has 204 valence electrons. The van der Waals surface area contributed by atoms with E-state index < -0.39 is 32.0 Å². The molecule has 0 aliphatic carbocycles. The van der Waals surface area contributed by atoms with Crippen LogP contribution in [0.3, 0.4) is 0 Å². The molecule has 0 aliphatic rings. The van der Waals surface area contributed by atoms with E-state index in [0.717, 1.165) is 21.3 Å². The van der Waals surface area contributed by atoms with Crippen molar-refractivity contribution < 1.29 is 26.4 Å². The summed E-state index contributed by atoms with van der Waals surface area (Å²) in [5.41, 5.74) is 1.08. The predicted molar refractivity (Wildman–Crippen MR) is 154 cm³/mol. The minimum absolute atomic E-state index is 0.00799. The van der Waals surface area contributed by atoms with E-state index in [1.807, 2.05) is 37.3 Å². The second-order valence-electron chi connectivity index (χ2n) is 8.81. The van der Waals surface area contributed by atoms with Gasteiger partial charge in [-0.3, -0.25) is 13.8 Å². The van der Waals surface area contributed by atoms with Crippen LogP contribution in [0.25, 0.3) is 10.8 Å². The van der Waals surface area contributed by atoms with Gasteiger partial charge >= 0.3 is 0 Å². The minimum Gasteiger partial charge on any atom is -0.494 e. The number of carbonyl (C=O) groups is 1. The van der Waals surface area contributed by atoms with E-state index in [-0.39, 0.29) is 4.90 Å². The van der Waals surface area contributed by atoms with Gasteiger partial charge in [0.1, 0.15) is 11.8 Å². The number of rotatable bonds is 10. The van der Waals surface area contributed by atoms with E-state index in [9.17, 15) is 21.6 Å². The van der Waals surface area contributed by atoms with Crippen LogP contribution in [0.4, 0.5) is 17.1 Å². The van der Waals surface area contributed by atoms with Gasteiger partial charge in [-0.1, -0.05) is 36.4 Å². The van der Waals surface area contributed by atoms with Gasteiger partial charge in [-0.05, 0) is 73.8 Å². The van der Waals surface area contributed by atoms with Gasteiger partial charge in [0.2, 0.25) is 15.9 Å². The van der Waals surface area contributed by atoms with Crippen LogP contribution >= 0.6 is 0 Å². The molecule has 4 aromatic rings. The summed E-state index contributed by atoms with van der Waals surface area (Å²) in [6.07, 6.45) is 1.02. The first-order valence-electron chi connectivity index (χ1n) is 12.1. The van der Waals surface area contributed by atoms with E-state index in [1.54, 1.807) is 36.4 Å². The molecule has 1 amide bonds. The number of amides is 1. The zero-order chi connectivity index (χ0) is 28.2. The monoisotopic (exact) mass is 567 g/mol. The topological polar surface area (TPSA) is 122 Å². The van der Waals surface area contributed by atoms with Crippen LogP contribution < -0.4 is 19.1 Å². The number of hydrogen-bond donors (Lipinski definition) is 2. The van der Waals surface area contributed by atoms with Gasteiger partial charge in [-0.25, -0.2) is 16.8 Å². The molecule has 4 aromatic carbocycles. The van der Waals surface area contributed by atoms with Crippen LogP contribution in [0.5, 0.6) is 5.75 Å².